The second kappa shape index (κ2) is 9.98. The molecule has 0 fully saturated rings. The third-order valence-corrected chi connectivity index (χ3v) is 3.51. The van der Waals surface area contributed by atoms with E-state index in [2.05, 4.69) is 0 Å². The van der Waals surface area contributed by atoms with E-state index in [0.717, 1.165) is 0 Å². The molecule has 120 valence electrons. The molecular formula is C15H21AlO6. The minimum atomic E-state index is -3.19. The van der Waals surface area contributed by atoms with Crippen molar-refractivity contribution < 1.29 is 29.9 Å². The minimum absolute atomic E-state index is 0.0616. The van der Waals surface area contributed by atoms with Gasteiger partial charge in [0, 0.05) is 18.2 Å². The Hall–Kier alpha value is -1.84. The van der Waals surface area contributed by atoms with Crippen LogP contribution in [0.25, 0.3) is 0 Å². The zero-order valence-corrected chi connectivity index (χ0v) is 14.7. The molecule has 0 aliphatic carbocycles. The van der Waals surface area contributed by atoms with Gasteiger partial charge in [0.05, 0.1) is 21.4 Å². The third-order valence-electron chi connectivity index (χ3n) is 1.88. The number of hydrogen-bond donors (Lipinski definition) is 0. The first kappa shape index (κ1) is 15.1. The van der Waals surface area contributed by atoms with Crippen LogP contribution < -0.4 is 0 Å². The molecule has 0 spiro atoms. The molecule has 0 saturated heterocycles. The van der Waals surface area contributed by atoms with Crippen molar-refractivity contribution in [2.45, 2.75) is 41.5 Å². The fourth-order valence-corrected chi connectivity index (χ4v) is 2.52. The van der Waals surface area contributed by atoms with Crippen LogP contribution >= 0.6 is 0 Å². The maximum absolute atomic E-state index is 11.2. The molecule has 0 aromatic heterocycles. The van der Waals surface area contributed by atoms with E-state index in [1.165, 1.54) is 41.5 Å². The highest BCUT2D eigenvalue weighted by Crippen LogP contribution is 2.11. The highest BCUT2D eigenvalue weighted by molar-refractivity contribution is 6.37. The highest BCUT2D eigenvalue weighted by Gasteiger charge is 2.44. The summed E-state index contributed by atoms with van der Waals surface area (Å²) in [5.74, 6) is -1.77. The quantitative estimate of drug-likeness (QED) is 0.368. The van der Waals surface area contributed by atoms with Crippen LogP contribution in [-0.2, 0) is 25.7 Å². The molecule has 0 bridgehead atoms. The normalized spacial score (nSPS) is 15.8. The summed E-state index contributed by atoms with van der Waals surface area (Å²) in [7, 11) is 0. The van der Waals surface area contributed by atoms with Crippen molar-refractivity contribution in [2.75, 3.05) is 0 Å². The monoisotopic (exact) mass is 327 g/mol. The van der Waals surface area contributed by atoms with E-state index in [1.54, 1.807) is 0 Å². The molecule has 0 aliphatic heterocycles. The number of carbonyl (C=O) groups is 3. The molecule has 0 heterocycles. The van der Waals surface area contributed by atoms with Gasteiger partial charge in [0.2, 0.25) is 0 Å². The van der Waals surface area contributed by atoms with Crippen LogP contribution in [0.2, 0.25) is 0 Å². The molecule has 0 rings (SSSR count). The van der Waals surface area contributed by atoms with Crippen molar-refractivity contribution in [3.05, 3.63) is 35.4 Å². The van der Waals surface area contributed by atoms with Crippen molar-refractivity contribution in [1.29, 1.82) is 0 Å². The van der Waals surface area contributed by atoms with Crippen molar-refractivity contribution in [2.24, 2.45) is 0 Å². The maximum atomic E-state index is 11.2. The van der Waals surface area contributed by atoms with Crippen LogP contribution in [0.15, 0.2) is 35.4 Å². The van der Waals surface area contributed by atoms with Gasteiger partial charge in [-0.25, -0.2) is 0 Å². The van der Waals surface area contributed by atoms with Gasteiger partial charge >= 0.3 is 15.1 Å². The number of hydrogen-bond acceptors (Lipinski definition) is 6. The predicted octanol–water partition coefficient (Wildman–Crippen LogP) is 2.50. The van der Waals surface area contributed by atoms with Gasteiger partial charge in [-0.15, -0.1) is 0 Å². The lowest BCUT2D eigenvalue weighted by Crippen LogP contribution is -2.26. The van der Waals surface area contributed by atoms with Crippen molar-refractivity contribution in [3.8, 4) is 0 Å². The highest BCUT2D eigenvalue weighted by atomic mass is 27.3. The molecule has 0 atom stereocenters. The molecule has 0 aromatic rings. The summed E-state index contributed by atoms with van der Waals surface area (Å²) in [5.41, 5.74) is 0. The molecular weight excluding hydrogens is 303 g/mol. The van der Waals surface area contributed by atoms with E-state index in [-0.39, 0.29) is 35.4 Å². The van der Waals surface area contributed by atoms with E-state index >= 15 is 0 Å². The number of ketones is 3. The number of carbonyl (C=O) groups excluding carboxylic acids is 3. The molecule has 0 saturated carbocycles. The SMILES string of the molecule is [2H]/C(C(C)=O)=C(\C)[O][Al]([O]/C(C)=C(/[2H])C(C)=O)[O]/C(C)=C(/[2H])C(C)=O. The summed E-state index contributed by atoms with van der Waals surface area (Å²) < 4.78 is 39.0. The molecule has 0 amide bonds. The van der Waals surface area contributed by atoms with E-state index in [1.807, 2.05) is 0 Å². The van der Waals surface area contributed by atoms with Gasteiger partial charge in [0.25, 0.3) is 0 Å². The summed E-state index contributed by atoms with van der Waals surface area (Å²) in [6.07, 6.45) is 0. The summed E-state index contributed by atoms with van der Waals surface area (Å²) in [4.78, 5) is 33.7. The Kier molecular flexibility index (Phi) is 6.84. The lowest BCUT2D eigenvalue weighted by molar-refractivity contribution is -0.113. The Labute approximate surface area is 140 Å². The Morgan fingerprint density at radius 3 is 1.09 bits per heavy atom. The largest absolute Gasteiger partial charge is 1.20 e. The van der Waals surface area contributed by atoms with Crippen LogP contribution in [0.1, 0.15) is 45.7 Å². The Morgan fingerprint density at radius 1 is 0.682 bits per heavy atom. The van der Waals surface area contributed by atoms with E-state index in [4.69, 9.17) is 15.5 Å². The van der Waals surface area contributed by atoms with Crippen LogP contribution in [0, 0.1) is 0 Å². The smallest absolute Gasteiger partial charge is 0.580 e. The van der Waals surface area contributed by atoms with Crippen molar-refractivity contribution in [3.63, 3.8) is 0 Å². The summed E-state index contributed by atoms with van der Waals surface area (Å²) in [5, 5.41) is 0. The zero-order chi connectivity index (χ0) is 19.9. The maximum Gasteiger partial charge on any atom is 1.20 e. The van der Waals surface area contributed by atoms with Crippen LogP contribution in [0.3, 0.4) is 0 Å². The first-order valence-corrected chi connectivity index (χ1v) is 7.85. The average Bonchev–Trinajstić information content (AvgIpc) is 2.51. The molecule has 0 radical (unpaired) electrons. The topological polar surface area (TPSA) is 78.9 Å². The standard InChI is InChI=1S/3C5H8O2.Al/c3*1-4(6)3-5(2)7;/h3*3,6H,1-2H3;/q;;;+3/p-3/b3*4-3-;/i3*3D;. The van der Waals surface area contributed by atoms with Gasteiger partial charge < -0.3 is 11.4 Å². The lowest BCUT2D eigenvalue weighted by atomic mass is 10.4. The summed E-state index contributed by atoms with van der Waals surface area (Å²) in [6, 6.07) is -1.16. The van der Waals surface area contributed by atoms with Crippen LogP contribution in [0.5, 0.6) is 0 Å². The molecule has 7 heteroatoms. The second-order valence-electron chi connectivity index (χ2n) is 4.35. The first-order chi connectivity index (χ1) is 11.4. The number of rotatable bonds is 9. The molecule has 6 nitrogen and oxygen atoms in total. The molecule has 0 unspecified atom stereocenters. The fourth-order valence-electron chi connectivity index (χ4n) is 1.34. The van der Waals surface area contributed by atoms with Gasteiger partial charge in [0.1, 0.15) is 0 Å². The molecule has 0 N–H and O–H groups in total. The van der Waals surface area contributed by atoms with Gasteiger partial charge in [0.15, 0.2) is 17.3 Å². The Morgan fingerprint density at radius 2 is 0.909 bits per heavy atom. The Bertz CT molecular complexity index is 576. The van der Waals surface area contributed by atoms with Gasteiger partial charge in [-0.1, -0.05) is 0 Å². The fraction of sp³-hybridized carbons (Fsp3) is 0.400. The second-order valence-corrected chi connectivity index (χ2v) is 5.64. The predicted molar refractivity (Wildman–Crippen MR) is 82.3 cm³/mol. The average molecular weight is 327 g/mol. The lowest BCUT2D eigenvalue weighted by Gasteiger charge is -2.16. The molecule has 22 heavy (non-hydrogen) atoms. The third kappa shape index (κ3) is 10.9. The van der Waals surface area contributed by atoms with Crippen molar-refractivity contribution >= 4 is 32.5 Å². The molecule has 0 aromatic carbocycles. The molecule has 0 aliphatic rings. The van der Waals surface area contributed by atoms with Gasteiger partial charge in [-0.2, -0.15) is 0 Å². The van der Waals surface area contributed by atoms with Crippen LogP contribution in [-0.4, -0.2) is 32.5 Å². The van der Waals surface area contributed by atoms with E-state index in [0.29, 0.717) is 0 Å². The van der Waals surface area contributed by atoms with Gasteiger partial charge in [-0.3, -0.25) is 14.4 Å². The first-order valence-electron chi connectivity index (χ1n) is 7.93. The zero-order valence-electron chi connectivity index (χ0n) is 16.5. The van der Waals surface area contributed by atoms with Crippen molar-refractivity contribution in [1.82, 2.24) is 0 Å². The van der Waals surface area contributed by atoms with E-state index in [9.17, 15) is 14.4 Å². The number of allylic oxidation sites excluding steroid dienone is 6. The Balaban J connectivity index is 5.68. The van der Waals surface area contributed by atoms with Gasteiger partial charge in [-0.05, 0) is 41.5 Å². The van der Waals surface area contributed by atoms with Crippen LogP contribution in [0.4, 0.5) is 0 Å². The minimum Gasteiger partial charge on any atom is -0.580 e. The summed E-state index contributed by atoms with van der Waals surface area (Å²) in [6.45, 7) is 7.69. The van der Waals surface area contributed by atoms with E-state index < -0.39 is 32.5 Å². The summed E-state index contributed by atoms with van der Waals surface area (Å²) >= 11 is -3.19.